The van der Waals surface area contributed by atoms with E-state index in [0.717, 1.165) is 12.2 Å². The molecule has 1 aromatic rings. The summed E-state index contributed by atoms with van der Waals surface area (Å²) in [5.41, 5.74) is 1.23. The Balaban J connectivity index is 2.95. The highest BCUT2D eigenvalue weighted by Gasteiger charge is 2.20. The highest BCUT2D eigenvalue weighted by Crippen LogP contribution is 2.22. The molecule has 0 bridgehead atoms. The van der Waals surface area contributed by atoms with Crippen LogP contribution in [0.4, 0.5) is 5.69 Å². The van der Waals surface area contributed by atoms with Crippen LogP contribution in [0.25, 0.3) is 0 Å². The third-order valence-corrected chi connectivity index (χ3v) is 2.08. The lowest BCUT2D eigenvalue weighted by Crippen LogP contribution is -2.41. The Morgan fingerprint density at radius 1 is 1.50 bits per heavy atom. The lowest BCUT2D eigenvalue weighted by molar-refractivity contribution is 0.522. The zero-order valence-corrected chi connectivity index (χ0v) is 9.20. The molecule has 2 nitrogen and oxygen atoms in total. The van der Waals surface area contributed by atoms with Crippen molar-refractivity contribution in [1.29, 1.82) is 0 Å². The summed E-state index contributed by atoms with van der Waals surface area (Å²) in [5.74, 6) is 0. The minimum Gasteiger partial charge on any atom is -0.362 e. The second-order valence-electron chi connectivity index (χ2n) is 4.28. The van der Waals surface area contributed by atoms with Crippen molar-refractivity contribution in [3.05, 3.63) is 37.2 Å². The topological polar surface area (TPSA) is 16.1 Å². The van der Waals surface area contributed by atoms with Crippen LogP contribution in [0, 0.1) is 0 Å². The number of aromatic nitrogens is 1. The van der Waals surface area contributed by atoms with Gasteiger partial charge in [-0.05, 0) is 32.9 Å². The minimum absolute atomic E-state index is 0.0945. The largest absolute Gasteiger partial charge is 0.362 e. The highest BCUT2D eigenvalue weighted by molar-refractivity contribution is 5.46. The second kappa shape index (κ2) is 4.27. The fraction of sp³-hybridized carbons (Fsp3) is 0.417. The molecular formula is C12H18N2. The lowest BCUT2D eigenvalue weighted by Gasteiger charge is -2.36. The molecular weight excluding hydrogens is 172 g/mol. The molecule has 1 aromatic heterocycles. The number of anilines is 1. The van der Waals surface area contributed by atoms with Crippen molar-refractivity contribution in [1.82, 2.24) is 4.98 Å². The summed E-state index contributed by atoms with van der Waals surface area (Å²) in [6, 6.07) is 4.03. The van der Waals surface area contributed by atoms with E-state index in [9.17, 15) is 0 Å². The van der Waals surface area contributed by atoms with Gasteiger partial charge in [-0.3, -0.25) is 4.98 Å². The Bertz CT molecular complexity index is 285. The molecule has 0 saturated heterocycles. The third kappa shape index (κ3) is 2.59. The van der Waals surface area contributed by atoms with Crippen molar-refractivity contribution >= 4 is 5.69 Å². The van der Waals surface area contributed by atoms with E-state index in [1.807, 2.05) is 18.3 Å². The van der Waals surface area contributed by atoms with Crippen LogP contribution in [0.3, 0.4) is 0 Å². The van der Waals surface area contributed by atoms with Gasteiger partial charge in [-0.15, -0.1) is 6.58 Å². The summed E-state index contributed by atoms with van der Waals surface area (Å²) in [6.45, 7) is 11.2. The maximum atomic E-state index is 4.13. The van der Waals surface area contributed by atoms with Crippen LogP contribution >= 0.6 is 0 Å². The molecule has 0 atom stereocenters. The molecule has 0 spiro atoms. The van der Waals surface area contributed by atoms with Crippen molar-refractivity contribution in [2.75, 3.05) is 11.4 Å². The molecule has 0 aromatic carbocycles. The molecule has 0 radical (unpaired) electrons. The summed E-state index contributed by atoms with van der Waals surface area (Å²) in [4.78, 5) is 6.40. The standard InChI is InChI=1S/C12H18N2/c1-5-9-14(12(2,3)4)11-7-6-8-13-10-11/h5-8,10H,1,9H2,2-4H3. The molecule has 0 saturated carbocycles. The molecule has 0 N–H and O–H groups in total. The van der Waals surface area contributed by atoms with Gasteiger partial charge in [0.05, 0.1) is 11.9 Å². The van der Waals surface area contributed by atoms with Gasteiger partial charge in [-0.25, -0.2) is 0 Å². The van der Waals surface area contributed by atoms with Gasteiger partial charge in [0.2, 0.25) is 0 Å². The van der Waals surface area contributed by atoms with Gasteiger partial charge in [0.1, 0.15) is 0 Å². The number of rotatable bonds is 3. The highest BCUT2D eigenvalue weighted by atomic mass is 15.2. The first-order valence-electron chi connectivity index (χ1n) is 4.84. The average Bonchev–Trinajstić information content (AvgIpc) is 2.14. The van der Waals surface area contributed by atoms with E-state index in [0.29, 0.717) is 0 Å². The number of pyridine rings is 1. The maximum Gasteiger partial charge on any atom is 0.0559 e. The van der Waals surface area contributed by atoms with Gasteiger partial charge in [0, 0.05) is 18.3 Å². The van der Waals surface area contributed by atoms with Crippen LogP contribution in [-0.2, 0) is 0 Å². The van der Waals surface area contributed by atoms with Crippen LogP contribution in [0.1, 0.15) is 20.8 Å². The van der Waals surface area contributed by atoms with E-state index in [-0.39, 0.29) is 5.54 Å². The van der Waals surface area contributed by atoms with E-state index >= 15 is 0 Å². The fourth-order valence-corrected chi connectivity index (χ4v) is 1.41. The van der Waals surface area contributed by atoms with E-state index < -0.39 is 0 Å². The molecule has 0 unspecified atom stereocenters. The summed E-state index contributed by atoms with van der Waals surface area (Å²) < 4.78 is 0. The van der Waals surface area contributed by atoms with Gasteiger partial charge in [0.15, 0.2) is 0 Å². The van der Waals surface area contributed by atoms with Crippen LogP contribution in [0.15, 0.2) is 37.2 Å². The lowest BCUT2D eigenvalue weighted by atomic mass is 10.1. The predicted molar refractivity (Wildman–Crippen MR) is 61.5 cm³/mol. The van der Waals surface area contributed by atoms with Gasteiger partial charge in [0.25, 0.3) is 0 Å². The molecule has 0 aliphatic carbocycles. The molecule has 0 aliphatic rings. The Kier molecular flexibility index (Phi) is 3.28. The zero-order valence-electron chi connectivity index (χ0n) is 9.20. The second-order valence-corrected chi connectivity index (χ2v) is 4.28. The van der Waals surface area contributed by atoms with Gasteiger partial charge >= 0.3 is 0 Å². The van der Waals surface area contributed by atoms with E-state index in [2.05, 4.69) is 43.3 Å². The van der Waals surface area contributed by atoms with Crippen molar-refractivity contribution in [2.24, 2.45) is 0 Å². The van der Waals surface area contributed by atoms with E-state index in [1.165, 1.54) is 0 Å². The monoisotopic (exact) mass is 190 g/mol. The zero-order chi connectivity index (χ0) is 10.6. The Morgan fingerprint density at radius 2 is 2.21 bits per heavy atom. The van der Waals surface area contributed by atoms with E-state index in [4.69, 9.17) is 0 Å². The number of hydrogen-bond acceptors (Lipinski definition) is 2. The maximum absolute atomic E-state index is 4.13. The average molecular weight is 190 g/mol. The van der Waals surface area contributed by atoms with Crippen molar-refractivity contribution < 1.29 is 0 Å². The first-order chi connectivity index (χ1) is 6.55. The smallest absolute Gasteiger partial charge is 0.0559 e. The molecule has 1 heterocycles. The van der Waals surface area contributed by atoms with Crippen LogP contribution < -0.4 is 4.90 Å². The molecule has 76 valence electrons. The summed E-state index contributed by atoms with van der Waals surface area (Å²) in [6.07, 6.45) is 5.59. The fourth-order valence-electron chi connectivity index (χ4n) is 1.41. The van der Waals surface area contributed by atoms with Crippen molar-refractivity contribution in [2.45, 2.75) is 26.3 Å². The molecule has 0 aliphatic heterocycles. The number of nitrogens with zero attached hydrogens (tertiary/aromatic N) is 2. The Morgan fingerprint density at radius 3 is 2.64 bits per heavy atom. The minimum atomic E-state index is 0.0945. The summed E-state index contributed by atoms with van der Waals surface area (Å²) >= 11 is 0. The summed E-state index contributed by atoms with van der Waals surface area (Å²) in [5, 5.41) is 0. The molecule has 0 fully saturated rings. The van der Waals surface area contributed by atoms with Crippen molar-refractivity contribution in [3.8, 4) is 0 Å². The predicted octanol–water partition coefficient (Wildman–Crippen LogP) is 2.87. The molecule has 14 heavy (non-hydrogen) atoms. The first-order valence-corrected chi connectivity index (χ1v) is 4.84. The SMILES string of the molecule is C=CCN(c1cccnc1)C(C)(C)C. The van der Waals surface area contributed by atoms with Gasteiger partial charge < -0.3 is 4.90 Å². The van der Waals surface area contributed by atoms with Gasteiger partial charge in [-0.2, -0.15) is 0 Å². The van der Waals surface area contributed by atoms with E-state index in [1.54, 1.807) is 6.20 Å². The van der Waals surface area contributed by atoms with Crippen LogP contribution in [-0.4, -0.2) is 17.1 Å². The Hall–Kier alpha value is -1.31. The van der Waals surface area contributed by atoms with Gasteiger partial charge in [-0.1, -0.05) is 6.08 Å². The molecule has 1 rings (SSSR count). The van der Waals surface area contributed by atoms with Crippen LogP contribution in [0.2, 0.25) is 0 Å². The summed E-state index contributed by atoms with van der Waals surface area (Å²) in [7, 11) is 0. The quantitative estimate of drug-likeness (QED) is 0.681. The number of hydrogen-bond donors (Lipinski definition) is 0. The molecule has 2 heteroatoms. The Labute approximate surface area is 86.3 Å². The molecule has 0 amide bonds. The first kappa shape index (κ1) is 10.8. The van der Waals surface area contributed by atoms with Crippen LogP contribution in [0.5, 0.6) is 0 Å². The van der Waals surface area contributed by atoms with Crippen molar-refractivity contribution in [3.63, 3.8) is 0 Å². The third-order valence-electron chi connectivity index (χ3n) is 2.08. The normalized spacial score (nSPS) is 11.1.